The second kappa shape index (κ2) is 9.00. The largest absolute Gasteiger partial charge is 0.416 e. The van der Waals surface area contributed by atoms with Crippen molar-refractivity contribution in [1.29, 1.82) is 0 Å². The molecule has 0 aliphatic rings. The van der Waals surface area contributed by atoms with Gasteiger partial charge in [0.25, 0.3) is 11.8 Å². The van der Waals surface area contributed by atoms with Gasteiger partial charge in [-0.15, -0.1) is 0 Å². The van der Waals surface area contributed by atoms with Crippen LogP contribution in [0.4, 0.5) is 17.6 Å². The number of nitrogens with one attached hydrogen (secondary N) is 2. The van der Waals surface area contributed by atoms with E-state index in [1.807, 2.05) is 0 Å². The van der Waals surface area contributed by atoms with Crippen molar-refractivity contribution in [2.45, 2.75) is 6.18 Å². The molecule has 1 aromatic heterocycles. The maximum absolute atomic E-state index is 13.1. The number of hydrogen-bond acceptors (Lipinski definition) is 3. The minimum absolute atomic E-state index is 0.0179. The summed E-state index contributed by atoms with van der Waals surface area (Å²) in [7, 11) is 0. The Bertz CT molecular complexity index is 1140. The molecule has 3 rings (SSSR count). The summed E-state index contributed by atoms with van der Waals surface area (Å²) in [4.78, 5) is 28.1. The predicted octanol–water partition coefficient (Wildman–Crippen LogP) is 4.16. The third kappa shape index (κ3) is 5.48. The normalized spacial score (nSPS) is 11.5. The number of carbonyl (C=O) groups is 2. The van der Waals surface area contributed by atoms with Crippen LogP contribution in [0.2, 0.25) is 5.02 Å². The Hall–Kier alpha value is -3.66. The molecule has 1 heterocycles. The van der Waals surface area contributed by atoms with Gasteiger partial charge in [0.15, 0.2) is 0 Å². The number of benzene rings is 2. The summed E-state index contributed by atoms with van der Waals surface area (Å²) in [6.45, 7) is 0. The lowest BCUT2D eigenvalue weighted by atomic mass is 10.1. The van der Waals surface area contributed by atoms with E-state index in [0.29, 0.717) is 5.69 Å². The monoisotopic (exact) mass is 452 g/mol. The Kier molecular flexibility index (Phi) is 6.40. The minimum Gasteiger partial charge on any atom is -0.295 e. The van der Waals surface area contributed by atoms with Gasteiger partial charge in [0, 0.05) is 16.8 Å². The van der Waals surface area contributed by atoms with Gasteiger partial charge in [-0.25, -0.2) is 9.37 Å². The molecule has 2 aromatic carbocycles. The molecule has 2 amide bonds. The van der Waals surface area contributed by atoms with Crippen molar-refractivity contribution in [1.82, 2.24) is 20.4 Å². The number of rotatable bonds is 4. The Morgan fingerprint density at radius 3 is 2.45 bits per heavy atom. The minimum atomic E-state index is -4.56. The van der Waals surface area contributed by atoms with Gasteiger partial charge in [0.2, 0.25) is 0 Å². The average molecular weight is 453 g/mol. The highest BCUT2D eigenvalue weighted by atomic mass is 35.5. The number of nitrogens with zero attached hydrogens (tertiary/aromatic N) is 2. The Morgan fingerprint density at radius 1 is 1.06 bits per heavy atom. The van der Waals surface area contributed by atoms with Gasteiger partial charge in [-0.3, -0.25) is 25.0 Å². The highest BCUT2D eigenvalue weighted by Gasteiger charge is 2.30. The molecule has 2 N–H and O–H groups in total. The molecule has 0 unspecified atom stereocenters. The van der Waals surface area contributed by atoms with Crippen LogP contribution in [0.3, 0.4) is 0 Å². The number of alkyl halides is 3. The van der Waals surface area contributed by atoms with Crippen molar-refractivity contribution in [2.75, 3.05) is 0 Å². The third-order valence-electron chi connectivity index (χ3n) is 4.01. The van der Waals surface area contributed by atoms with E-state index in [-0.39, 0.29) is 16.3 Å². The summed E-state index contributed by atoms with van der Waals surface area (Å²) in [5.74, 6) is -1.98. The Balaban J connectivity index is 1.65. The van der Waals surface area contributed by atoms with Crippen LogP contribution in [0.1, 0.15) is 21.6 Å². The molecule has 0 saturated heterocycles. The molecule has 0 atom stereocenters. The first-order chi connectivity index (χ1) is 14.6. The van der Waals surface area contributed by atoms with E-state index in [0.717, 1.165) is 30.4 Å². The molecule has 31 heavy (non-hydrogen) atoms. The van der Waals surface area contributed by atoms with Crippen LogP contribution in [0.15, 0.2) is 61.1 Å². The van der Waals surface area contributed by atoms with Gasteiger partial charge in [-0.05, 0) is 54.1 Å². The van der Waals surface area contributed by atoms with Gasteiger partial charge in [0.1, 0.15) is 11.5 Å². The number of hydrogen-bond donors (Lipinski definition) is 2. The van der Waals surface area contributed by atoms with Gasteiger partial charge >= 0.3 is 6.18 Å². The van der Waals surface area contributed by atoms with E-state index >= 15 is 0 Å². The second-order valence-electron chi connectivity index (χ2n) is 6.14. The molecule has 0 spiro atoms. The van der Waals surface area contributed by atoms with Crippen molar-refractivity contribution in [2.24, 2.45) is 0 Å². The van der Waals surface area contributed by atoms with E-state index in [9.17, 15) is 27.2 Å². The number of carbonyl (C=O) groups excluding carboxylic acids is 2. The zero-order valence-electron chi connectivity index (χ0n) is 15.5. The maximum Gasteiger partial charge on any atom is 0.416 e. The number of hydrazine groups is 1. The van der Waals surface area contributed by atoms with Crippen LogP contribution in [0, 0.1) is 5.82 Å². The quantitative estimate of drug-likeness (QED) is 0.354. The van der Waals surface area contributed by atoms with Crippen molar-refractivity contribution in [3.63, 3.8) is 0 Å². The average Bonchev–Trinajstić information content (AvgIpc) is 3.21. The van der Waals surface area contributed by atoms with Crippen LogP contribution >= 0.6 is 11.6 Å². The van der Waals surface area contributed by atoms with Crippen molar-refractivity contribution in [3.8, 4) is 5.69 Å². The highest BCUT2D eigenvalue weighted by Crippen LogP contribution is 2.32. The van der Waals surface area contributed by atoms with Crippen LogP contribution in [0.25, 0.3) is 11.8 Å². The highest BCUT2D eigenvalue weighted by molar-refractivity contribution is 6.32. The fourth-order valence-electron chi connectivity index (χ4n) is 2.51. The first kappa shape index (κ1) is 22.0. The lowest BCUT2D eigenvalue weighted by Gasteiger charge is -2.09. The topological polar surface area (TPSA) is 76.0 Å². The number of imidazole rings is 1. The molecule has 0 fully saturated rings. The zero-order chi connectivity index (χ0) is 22.6. The molecule has 0 saturated carbocycles. The standard InChI is InChI=1S/C20H13ClF4N4O2/c21-16-7-2-13(20(23,24)25)9-12(16)1-8-18(30)27-28-19(31)17-10-26-11-29(17)15-5-3-14(22)4-6-15/h1-11H,(H,27,30)(H,28,31)/b8-1+. The van der Waals surface area contributed by atoms with E-state index in [2.05, 4.69) is 15.8 Å². The maximum atomic E-state index is 13.1. The van der Waals surface area contributed by atoms with Gasteiger partial charge in [0.05, 0.1) is 18.1 Å². The molecule has 0 bridgehead atoms. The fraction of sp³-hybridized carbons (Fsp3) is 0.0500. The van der Waals surface area contributed by atoms with Crippen LogP contribution < -0.4 is 10.9 Å². The van der Waals surface area contributed by atoms with E-state index in [1.165, 1.54) is 41.4 Å². The van der Waals surface area contributed by atoms with E-state index in [4.69, 9.17) is 11.6 Å². The lowest BCUT2D eigenvalue weighted by Crippen LogP contribution is -2.41. The number of amides is 2. The molecular weight excluding hydrogens is 440 g/mol. The summed E-state index contributed by atoms with van der Waals surface area (Å²) in [6.07, 6.45) is 0.0141. The molecule has 0 radical (unpaired) electrons. The Morgan fingerprint density at radius 2 is 1.77 bits per heavy atom. The number of aromatic nitrogens is 2. The van der Waals surface area contributed by atoms with Gasteiger partial charge in [-0.1, -0.05) is 11.6 Å². The van der Waals surface area contributed by atoms with Crippen LogP contribution in [0.5, 0.6) is 0 Å². The summed E-state index contributed by atoms with van der Waals surface area (Å²) >= 11 is 5.86. The molecule has 0 aliphatic carbocycles. The molecular formula is C20H13ClF4N4O2. The first-order valence-corrected chi connectivity index (χ1v) is 8.96. The van der Waals surface area contributed by atoms with Gasteiger partial charge in [-0.2, -0.15) is 13.2 Å². The second-order valence-corrected chi connectivity index (χ2v) is 6.54. The molecule has 11 heteroatoms. The molecule has 3 aromatic rings. The lowest BCUT2D eigenvalue weighted by molar-refractivity contribution is -0.137. The SMILES string of the molecule is O=C(/C=C/c1cc(C(F)(F)F)ccc1Cl)NNC(=O)c1cncn1-c1ccc(F)cc1. The smallest absolute Gasteiger partial charge is 0.295 e. The molecule has 6 nitrogen and oxygen atoms in total. The summed E-state index contributed by atoms with van der Waals surface area (Å²) in [6, 6.07) is 7.99. The predicted molar refractivity (Wildman–Crippen MR) is 105 cm³/mol. The van der Waals surface area contributed by atoms with Gasteiger partial charge < -0.3 is 0 Å². The number of halogens is 5. The summed E-state index contributed by atoms with van der Waals surface area (Å²) < 4.78 is 52.8. The first-order valence-electron chi connectivity index (χ1n) is 8.58. The van der Waals surface area contributed by atoms with Crippen molar-refractivity contribution in [3.05, 3.63) is 88.7 Å². The van der Waals surface area contributed by atoms with Crippen LogP contribution in [-0.2, 0) is 11.0 Å². The zero-order valence-corrected chi connectivity index (χ0v) is 16.2. The van der Waals surface area contributed by atoms with E-state index < -0.39 is 29.4 Å². The molecule has 0 aliphatic heterocycles. The van der Waals surface area contributed by atoms with Crippen molar-refractivity contribution < 1.29 is 27.2 Å². The third-order valence-corrected chi connectivity index (χ3v) is 4.36. The molecule has 160 valence electrons. The summed E-state index contributed by atoms with van der Waals surface area (Å²) in [5.41, 5.74) is 3.84. The Labute approximate surface area is 178 Å². The summed E-state index contributed by atoms with van der Waals surface area (Å²) in [5, 5.41) is 0.0179. The fourth-order valence-corrected chi connectivity index (χ4v) is 2.69. The van der Waals surface area contributed by atoms with Crippen molar-refractivity contribution >= 4 is 29.5 Å². The van der Waals surface area contributed by atoms with Crippen LogP contribution in [-0.4, -0.2) is 21.4 Å². The van der Waals surface area contributed by atoms with E-state index in [1.54, 1.807) is 0 Å².